The summed E-state index contributed by atoms with van der Waals surface area (Å²) < 4.78 is 24.7. The standard InChI is InChI=1S/C24H21ClFN3O3/c1-3-5-6-18(30)11-16-12-19-22(14-23(16)32-10-9-31-4-2)27-15-28-24(19)29-17-7-8-21(26)20(25)13-17/h1,5-8,12-15H,4,9-11H2,2H3,(H,27,28,29)/b6-5-. The van der Waals surface area contributed by atoms with Crippen molar-refractivity contribution in [2.24, 2.45) is 0 Å². The second-order valence-corrected chi connectivity index (χ2v) is 7.05. The summed E-state index contributed by atoms with van der Waals surface area (Å²) in [7, 11) is 0. The smallest absolute Gasteiger partial charge is 0.160 e. The Balaban J connectivity index is 1.98. The minimum absolute atomic E-state index is 0.00932. The number of fused-ring (bicyclic) bond motifs is 1. The number of aromatic nitrogens is 2. The molecule has 0 aliphatic rings. The monoisotopic (exact) mass is 453 g/mol. The van der Waals surface area contributed by atoms with Crippen molar-refractivity contribution in [3.8, 4) is 18.1 Å². The molecule has 1 N–H and O–H groups in total. The zero-order valence-electron chi connectivity index (χ0n) is 17.4. The molecular formula is C24H21ClFN3O3. The number of benzene rings is 2. The first-order chi connectivity index (χ1) is 15.5. The quantitative estimate of drug-likeness (QED) is 0.268. The van der Waals surface area contributed by atoms with Crippen LogP contribution in [0.25, 0.3) is 10.9 Å². The molecule has 0 saturated carbocycles. The predicted octanol–water partition coefficient (Wildman–Crippen LogP) is 4.88. The van der Waals surface area contributed by atoms with Gasteiger partial charge in [-0.3, -0.25) is 4.79 Å². The maximum Gasteiger partial charge on any atom is 0.160 e. The van der Waals surface area contributed by atoms with Gasteiger partial charge in [-0.05, 0) is 43.3 Å². The second kappa shape index (κ2) is 11.2. The largest absolute Gasteiger partial charge is 0.491 e. The molecule has 32 heavy (non-hydrogen) atoms. The molecule has 0 atom stereocenters. The van der Waals surface area contributed by atoms with Crippen molar-refractivity contribution in [1.29, 1.82) is 0 Å². The van der Waals surface area contributed by atoms with Gasteiger partial charge in [0.15, 0.2) is 5.78 Å². The van der Waals surface area contributed by atoms with Crippen LogP contribution in [0.2, 0.25) is 5.02 Å². The Morgan fingerprint density at radius 3 is 2.88 bits per heavy atom. The first-order valence-electron chi connectivity index (χ1n) is 9.87. The van der Waals surface area contributed by atoms with Crippen LogP contribution < -0.4 is 10.1 Å². The van der Waals surface area contributed by atoms with Crippen LogP contribution >= 0.6 is 11.6 Å². The number of rotatable bonds is 10. The van der Waals surface area contributed by atoms with Gasteiger partial charge in [0.1, 0.15) is 30.3 Å². The van der Waals surface area contributed by atoms with Crippen LogP contribution in [-0.4, -0.2) is 35.6 Å². The molecular weight excluding hydrogens is 433 g/mol. The van der Waals surface area contributed by atoms with Crippen LogP contribution in [0, 0.1) is 18.2 Å². The molecule has 1 heterocycles. The molecule has 0 radical (unpaired) electrons. The number of ketones is 1. The summed E-state index contributed by atoms with van der Waals surface area (Å²) in [6, 6.07) is 7.82. The number of nitrogens with zero attached hydrogens (tertiary/aromatic N) is 2. The number of hydrogen-bond acceptors (Lipinski definition) is 6. The molecule has 164 valence electrons. The van der Waals surface area contributed by atoms with Gasteiger partial charge >= 0.3 is 0 Å². The number of carbonyl (C=O) groups is 1. The van der Waals surface area contributed by atoms with Crippen LogP contribution in [0.15, 0.2) is 48.8 Å². The van der Waals surface area contributed by atoms with E-state index in [4.69, 9.17) is 27.5 Å². The van der Waals surface area contributed by atoms with E-state index >= 15 is 0 Å². The molecule has 0 unspecified atom stereocenters. The fraction of sp³-hybridized carbons (Fsp3) is 0.208. The molecule has 0 aliphatic carbocycles. The highest BCUT2D eigenvalue weighted by molar-refractivity contribution is 6.31. The minimum atomic E-state index is -0.514. The maximum absolute atomic E-state index is 13.5. The van der Waals surface area contributed by atoms with Gasteiger partial charge in [0, 0.05) is 35.7 Å². The number of halogens is 2. The van der Waals surface area contributed by atoms with E-state index < -0.39 is 5.82 Å². The third-order valence-electron chi connectivity index (χ3n) is 4.42. The Labute approximate surface area is 190 Å². The highest BCUT2D eigenvalue weighted by Crippen LogP contribution is 2.31. The van der Waals surface area contributed by atoms with Gasteiger partial charge in [-0.15, -0.1) is 6.42 Å². The van der Waals surface area contributed by atoms with Crippen LogP contribution in [0.4, 0.5) is 15.9 Å². The third-order valence-corrected chi connectivity index (χ3v) is 4.71. The molecule has 6 nitrogen and oxygen atoms in total. The number of terminal acetylenes is 1. The van der Waals surface area contributed by atoms with E-state index in [9.17, 15) is 9.18 Å². The molecule has 0 aliphatic heterocycles. The maximum atomic E-state index is 13.5. The number of anilines is 2. The molecule has 0 spiro atoms. The van der Waals surface area contributed by atoms with E-state index in [0.29, 0.717) is 53.5 Å². The lowest BCUT2D eigenvalue weighted by atomic mass is 10.0. The number of carbonyl (C=O) groups excluding carboxylic acids is 1. The Bertz CT molecular complexity index is 1190. The van der Waals surface area contributed by atoms with E-state index in [-0.39, 0.29) is 17.2 Å². The number of nitrogens with one attached hydrogen (secondary N) is 1. The van der Waals surface area contributed by atoms with Gasteiger partial charge in [0.25, 0.3) is 0 Å². The summed E-state index contributed by atoms with van der Waals surface area (Å²) in [4.78, 5) is 20.9. The summed E-state index contributed by atoms with van der Waals surface area (Å²) in [5.74, 6) is 2.62. The van der Waals surface area contributed by atoms with E-state index in [0.717, 1.165) is 0 Å². The molecule has 1 aromatic heterocycles. The van der Waals surface area contributed by atoms with E-state index in [1.54, 1.807) is 18.2 Å². The molecule has 3 rings (SSSR count). The normalized spacial score (nSPS) is 10.9. The van der Waals surface area contributed by atoms with Gasteiger partial charge in [0.05, 0.1) is 17.1 Å². The number of allylic oxidation sites excluding steroid dienone is 2. The predicted molar refractivity (Wildman–Crippen MR) is 123 cm³/mol. The summed E-state index contributed by atoms with van der Waals surface area (Å²) in [5, 5.41) is 3.77. The molecule has 0 bridgehead atoms. The average molecular weight is 454 g/mol. The van der Waals surface area contributed by atoms with E-state index in [2.05, 4.69) is 21.2 Å². The molecule has 2 aromatic carbocycles. The third kappa shape index (κ3) is 6.03. The van der Waals surface area contributed by atoms with E-state index in [1.165, 1.54) is 30.6 Å². The summed E-state index contributed by atoms with van der Waals surface area (Å²) in [6.07, 6.45) is 9.37. The van der Waals surface area contributed by atoms with Crippen molar-refractivity contribution >= 4 is 39.8 Å². The van der Waals surface area contributed by atoms with Crippen molar-refractivity contribution in [3.63, 3.8) is 0 Å². The van der Waals surface area contributed by atoms with Crippen LogP contribution in [0.1, 0.15) is 12.5 Å². The van der Waals surface area contributed by atoms with Gasteiger partial charge in [0.2, 0.25) is 0 Å². The van der Waals surface area contributed by atoms with E-state index in [1.807, 2.05) is 6.92 Å². The summed E-state index contributed by atoms with van der Waals surface area (Å²) >= 11 is 5.88. The van der Waals surface area contributed by atoms with Crippen LogP contribution in [0.3, 0.4) is 0 Å². The lowest BCUT2D eigenvalue weighted by Crippen LogP contribution is -2.09. The molecule has 3 aromatic rings. The SMILES string of the molecule is C#C/C=C\C(=O)Cc1cc2c(Nc3ccc(F)c(Cl)c3)ncnc2cc1OCCOCC. The highest BCUT2D eigenvalue weighted by atomic mass is 35.5. The van der Waals surface area contributed by atoms with Crippen molar-refractivity contribution in [2.45, 2.75) is 13.3 Å². The fourth-order valence-corrected chi connectivity index (χ4v) is 3.13. The summed E-state index contributed by atoms with van der Waals surface area (Å²) in [6.45, 7) is 3.22. The average Bonchev–Trinajstić information content (AvgIpc) is 2.78. The molecule has 0 amide bonds. The van der Waals surface area contributed by atoms with Crippen LogP contribution in [-0.2, 0) is 16.0 Å². The lowest BCUT2D eigenvalue weighted by Gasteiger charge is -2.14. The van der Waals surface area contributed by atoms with Crippen LogP contribution in [0.5, 0.6) is 5.75 Å². The summed E-state index contributed by atoms with van der Waals surface area (Å²) in [5.41, 5.74) is 1.82. The number of ether oxygens (including phenoxy) is 2. The molecule has 0 fully saturated rings. The second-order valence-electron chi connectivity index (χ2n) is 6.64. The lowest BCUT2D eigenvalue weighted by molar-refractivity contribution is -0.114. The zero-order chi connectivity index (χ0) is 22.9. The molecule has 8 heteroatoms. The van der Waals surface area contributed by atoms with Gasteiger partial charge < -0.3 is 14.8 Å². The van der Waals surface area contributed by atoms with Crippen molar-refractivity contribution < 1.29 is 18.7 Å². The fourth-order valence-electron chi connectivity index (χ4n) is 2.95. The van der Waals surface area contributed by atoms with Gasteiger partial charge in [-0.25, -0.2) is 14.4 Å². The number of hydrogen-bond donors (Lipinski definition) is 1. The Hall–Kier alpha value is -3.47. The first-order valence-corrected chi connectivity index (χ1v) is 10.3. The minimum Gasteiger partial charge on any atom is -0.491 e. The zero-order valence-corrected chi connectivity index (χ0v) is 18.2. The Kier molecular flexibility index (Phi) is 8.14. The highest BCUT2D eigenvalue weighted by Gasteiger charge is 2.14. The van der Waals surface area contributed by atoms with Crippen molar-refractivity contribution in [1.82, 2.24) is 9.97 Å². The Morgan fingerprint density at radius 2 is 2.12 bits per heavy atom. The van der Waals surface area contributed by atoms with Gasteiger partial charge in [-0.1, -0.05) is 17.5 Å². The van der Waals surface area contributed by atoms with Gasteiger partial charge in [-0.2, -0.15) is 0 Å². The Morgan fingerprint density at radius 1 is 1.28 bits per heavy atom. The first kappa shape index (κ1) is 23.2. The molecule has 0 saturated heterocycles. The van der Waals surface area contributed by atoms with Crippen molar-refractivity contribution in [3.05, 3.63) is 65.2 Å². The topological polar surface area (TPSA) is 73.3 Å². The van der Waals surface area contributed by atoms with Crippen molar-refractivity contribution in [2.75, 3.05) is 25.1 Å².